The minimum absolute atomic E-state index is 0.133. The summed E-state index contributed by atoms with van der Waals surface area (Å²) < 4.78 is 13.4. The van der Waals surface area contributed by atoms with Crippen molar-refractivity contribution in [1.82, 2.24) is 4.57 Å². The summed E-state index contributed by atoms with van der Waals surface area (Å²) in [6.45, 7) is 8.58. The molecule has 0 saturated carbocycles. The fourth-order valence-corrected chi connectivity index (χ4v) is 3.08. The summed E-state index contributed by atoms with van der Waals surface area (Å²) in [5, 5.41) is 10.3. The van der Waals surface area contributed by atoms with Crippen LogP contribution < -0.4 is 0 Å². The van der Waals surface area contributed by atoms with Gasteiger partial charge in [-0.1, -0.05) is 24.8 Å². The van der Waals surface area contributed by atoms with Crippen LogP contribution in [0, 0.1) is 6.92 Å². The molecule has 2 aromatic rings. The average molecular weight is 301 g/mol. The van der Waals surface area contributed by atoms with Gasteiger partial charge >= 0.3 is 5.97 Å². The molecule has 3 rings (SSSR count). The molecule has 22 heavy (non-hydrogen) atoms. The van der Waals surface area contributed by atoms with Gasteiger partial charge in [-0.25, -0.2) is 4.79 Å². The van der Waals surface area contributed by atoms with Crippen molar-refractivity contribution in [3.05, 3.63) is 47.7 Å². The van der Waals surface area contributed by atoms with Crippen LogP contribution in [0.15, 0.2) is 36.4 Å². The van der Waals surface area contributed by atoms with Gasteiger partial charge in [0.05, 0.1) is 24.8 Å². The molecule has 1 saturated heterocycles. The minimum atomic E-state index is -0.918. The zero-order chi connectivity index (χ0) is 15.9. The highest BCUT2D eigenvalue weighted by Gasteiger charge is 2.29. The Morgan fingerprint density at radius 3 is 2.64 bits per heavy atom. The van der Waals surface area contributed by atoms with Gasteiger partial charge in [-0.05, 0) is 25.5 Å². The molecule has 0 radical (unpaired) electrons. The Labute approximate surface area is 128 Å². The van der Waals surface area contributed by atoms with Crippen LogP contribution in [0.5, 0.6) is 0 Å². The van der Waals surface area contributed by atoms with E-state index in [-0.39, 0.29) is 6.04 Å². The first-order chi connectivity index (χ1) is 10.5. The molecule has 0 unspecified atom stereocenters. The van der Waals surface area contributed by atoms with E-state index in [9.17, 15) is 9.90 Å². The molecule has 1 aliphatic heterocycles. The highest BCUT2D eigenvalue weighted by Crippen LogP contribution is 2.32. The Morgan fingerprint density at radius 1 is 1.36 bits per heavy atom. The van der Waals surface area contributed by atoms with E-state index in [1.165, 1.54) is 0 Å². The van der Waals surface area contributed by atoms with Gasteiger partial charge in [0.25, 0.3) is 0 Å². The molecule has 2 heterocycles. The van der Waals surface area contributed by atoms with E-state index in [1.807, 2.05) is 42.7 Å². The van der Waals surface area contributed by atoms with Crippen LogP contribution in [-0.2, 0) is 9.47 Å². The molecule has 1 aliphatic rings. The van der Waals surface area contributed by atoms with Gasteiger partial charge in [0.2, 0.25) is 0 Å². The summed E-state index contributed by atoms with van der Waals surface area (Å²) >= 11 is 0. The minimum Gasteiger partial charge on any atom is -0.478 e. The summed E-state index contributed by atoms with van der Waals surface area (Å²) in [7, 11) is 0. The number of carbonyl (C=O) groups is 1. The van der Waals surface area contributed by atoms with Gasteiger partial charge in [0.15, 0.2) is 6.29 Å². The number of aromatic carboxylic acids is 1. The molecule has 1 N–H and O–H groups in total. The summed E-state index contributed by atoms with van der Waals surface area (Å²) in [6.07, 6.45) is -0.415. The molecule has 1 aromatic heterocycles. The van der Waals surface area contributed by atoms with Gasteiger partial charge in [0.1, 0.15) is 0 Å². The lowest BCUT2D eigenvalue weighted by molar-refractivity contribution is -0.177. The van der Waals surface area contributed by atoms with E-state index in [0.717, 1.165) is 16.5 Å². The van der Waals surface area contributed by atoms with E-state index >= 15 is 0 Å². The highest BCUT2D eigenvalue weighted by atomic mass is 16.7. The SMILES string of the molecule is C=C1COC([C@@H](C)n2c(C)c(C(=O)O)c3ccccc32)OC1. The van der Waals surface area contributed by atoms with Gasteiger partial charge in [-0.2, -0.15) is 0 Å². The summed E-state index contributed by atoms with van der Waals surface area (Å²) in [5.74, 6) is -0.918. The number of benzene rings is 1. The molecular weight excluding hydrogens is 282 g/mol. The van der Waals surface area contributed by atoms with Crippen LogP contribution in [-0.4, -0.2) is 35.1 Å². The molecule has 0 aliphatic carbocycles. The number of carboxylic acid groups (broad SMARTS) is 1. The van der Waals surface area contributed by atoms with Crippen molar-refractivity contribution in [1.29, 1.82) is 0 Å². The molecule has 5 heteroatoms. The quantitative estimate of drug-likeness (QED) is 0.885. The Balaban J connectivity index is 2.08. The predicted molar refractivity (Wildman–Crippen MR) is 83.2 cm³/mol. The molecule has 1 fully saturated rings. The highest BCUT2D eigenvalue weighted by molar-refractivity contribution is 6.05. The number of aromatic nitrogens is 1. The van der Waals surface area contributed by atoms with Crippen LogP contribution in [0.3, 0.4) is 0 Å². The molecule has 0 spiro atoms. The van der Waals surface area contributed by atoms with Crippen molar-refractivity contribution in [2.45, 2.75) is 26.2 Å². The van der Waals surface area contributed by atoms with E-state index in [4.69, 9.17) is 9.47 Å². The van der Waals surface area contributed by atoms with Crippen molar-refractivity contribution in [2.75, 3.05) is 13.2 Å². The molecular formula is C17H19NO4. The zero-order valence-corrected chi connectivity index (χ0v) is 12.7. The predicted octanol–water partition coefficient (Wildman–Crippen LogP) is 3.14. The van der Waals surface area contributed by atoms with Gasteiger partial charge in [0, 0.05) is 16.6 Å². The molecule has 116 valence electrons. The summed E-state index contributed by atoms with van der Waals surface area (Å²) in [5.41, 5.74) is 2.82. The van der Waals surface area contributed by atoms with Crippen LogP contribution in [0.25, 0.3) is 10.9 Å². The molecule has 1 aromatic carbocycles. The molecule has 0 amide bonds. The Bertz CT molecular complexity index is 736. The third kappa shape index (κ3) is 2.32. The number of carboxylic acids is 1. The fourth-order valence-electron chi connectivity index (χ4n) is 3.08. The third-order valence-corrected chi connectivity index (χ3v) is 4.07. The number of rotatable bonds is 3. The smallest absolute Gasteiger partial charge is 0.338 e. The van der Waals surface area contributed by atoms with E-state index < -0.39 is 12.3 Å². The number of hydrogen-bond acceptors (Lipinski definition) is 3. The number of para-hydroxylation sites is 1. The molecule has 1 atom stereocenters. The van der Waals surface area contributed by atoms with Crippen molar-refractivity contribution in [3.63, 3.8) is 0 Å². The van der Waals surface area contributed by atoms with Gasteiger partial charge < -0.3 is 19.1 Å². The van der Waals surface area contributed by atoms with E-state index in [0.29, 0.717) is 24.5 Å². The first-order valence-corrected chi connectivity index (χ1v) is 7.23. The first kappa shape index (κ1) is 14.8. The second-order valence-electron chi connectivity index (χ2n) is 5.63. The monoisotopic (exact) mass is 301 g/mol. The Morgan fingerprint density at radius 2 is 2.00 bits per heavy atom. The zero-order valence-electron chi connectivity index (χ0n) is 12.7. The summed E-state index contributed by atoms with van der Waals surface area (Å²) in [4.78, 5) is 11.6. The van der Waals surface area contributed by atoms with Gasteiger partial charge in [-0.3, -0.25) is 0 Å². The largest absolute Gasteiger partial charge is 0.478 e. The Kier molecular flexibility index (Phi) is 3.76. The van der Waals surface area contributed by atoms with Crippen LogP contribution >= 0.6 is 0 Å². The standard InChI is InChI=1S/C17H19NO4/c1-10-8-21-17(22-9-10)12(3)18-11(2)15(16(19)20)13-6-4-5-7-14(13)18/h4-7,12,17H,1,8-9H2,2-3H3,(H,19,20)/t12-/m1/s1. The van der Waals surface area contributed by atoms with Crippen LogP contribution in [0.4, 0.5) is 0 Å². The van der Waals surface area contributed by atoms with Crippen molar-refractivity contribution < 1.29 is 19.4 Å². The molecule has 0 bridgehead atoms. The Hall–Kier alpha value is -2.11. The van der Waals surface area contributed by atoms with Crippen molar-refractivity contribution >= 4 is 16.9 Å². The number of ether oxygens (including phenoxy) is 2. The maximum absolute atomic E-state index is 11.6. The second-order valence-corrected chi connectivity index (χ2v) is 5.63. The van der Waals surface area contributed by atoms with E-state index in [2.05, 4.69) is 6.58 Å². The van der Waals surface area contributed by atoms with Crippen LogP contribution in [0.2, 0.25) is 0 Å². The maximum Gasteiger partial charge on any atom is 0.338 e. The molecule has 5 nitrogen and oxygen atoms in total. The summed E-state index contributed by atoms with van der Waals surface area (Å²) in [6, 6.07) is 7.38. The normalized spacial score (nSPS) is 17.8. The average Bonchev–Trinajstić information content (AvgIpc) is 2.79. The van der Waals surface area contributed by atoms with Gasteiger partial charge in [-0.15, -0.1) is 0 Å². The number of nitrogens with zero attached hydrogens (tertiary/aromatic N) is 1. The lowest BCUT2D eigenvalue weighted by Crippen LogP contribution is -2.33. The lowest BCUT2D eigenvalue weighted by Gasteiger charge is -2.31. The topological polar surface area (TPSA) is 60.7 Å². The number of fused-ring (bicyclic) bond motifs is 1. The van der Waals surface area contributed by atoms with Crippen molar-refractivity contribution in [3.8, 4) is 0 Å². The first-order valence-electron chi connectivity index (χ1n) is 7.23. The maximum atomic E-state index is 11.6. The van der Waals surface area contributed by atoms with Crippen LogP contribution in [0.1, 0.15) is 29.0 Å². The third-order valence-electron chi connectivity index (χ3n) is 4.07. The van der Waals surface area contributed by atoms with E-state index in [1.54, 1.807) is 0 Å². The number of hydrogen-bond donors (Lipinski definition) is 1. The van der Waals surface area contributed by atoms with Crippen molar-refractivity contribution in [2.24, 2.45) is 0 Å². The lowest BCUT2D eigenvalue weighted by atomic mass is 10.1. The second kappa shape index (κ2) is 5.59. The fraction of sp³-hybridized carbons (Fsp3) is 0.353.